The van der Waals surface area contributed by atoms with Crippen LogP contribution in [0.4, 0.5) is 4.79 Å². The lowest BCUT2D eigenvalue weighted by Gasteiger charge is -2.19. The zero-order chi connectivity index (χ0) is 17.4. The van der Waals surface area contributed by atoms with Crippen molar-refractivity contribution in [3.63, 3.8) is 0 Å². The highest BCUT2D eigenvalue weighted by Crippen LogP contribution is 2.06. The molecule has 0 aliphatic carbocycles. The Bertz CT molecular complexity index is 472. The third-order valence-corrected chi connectivity index (χ3v) is 3.37. The van der Waals surface area contributed by atoms with Crippen molar-refractivity contribution in [2.24, 2.45) is 5.73 Å². The van der Waals surface area contributed by atoms with Crippen molar-refractivity contribution in [1.29, 1.82) is 0 Å². The van der Waals surface area contributed by atoms with Crippen molar-refractivity contribution in [2.45, 2.75) is 51.7 Å². The Hall–Kier alpha value is -1.39. The molecule has 0 aromatic carbocycles. The molecule has 130 valence electrons. The molecule has 0 unspecified atom stereocenters. The molecule has 1 amide bonds. The van der Waals surface area contributed by atoms with Gasteiger partial charge in [0.1, 0.15) is 11.6 Å². The number of ether oxygens (including phenoxy) is 2. The fourth-order valence-electron chi connectivity index (χ4n) is 1.41. The summed E-state index contributed by atoms with van der Waals surface area (Å²) in [5.74, 6) is -0.507. The highest BCUT2D eigenvalue weighted by atomic mass is 32.2. The lowest BCUT2D eigenvalue weighted by atomic mass is 10.1. The highest BCUT2D eigenvalue weighted by molar-refractivity contribution is 7.88. The smallest absolute Gasteiger partial charge is 0.422 e. The van der Waals surface area contributed by atoms with Crippen molar-refractivity contribution in [3.8, 4) is 0 Å². The molecule has 0 aromatic rings. The molecule has 0 aliphatic heterocycles. The number of carbonyl (C=O) groups excluding carboxylic acids is 2. The fraction of sp³-hybridized carbons (Fsp3) is 0.833. The van der Waals surface area contributed by atoms with Gasteiger partial charge in [-0.3, -0.25) is 4.79 Å². The first-order chi connectivity index (χ1) is 9.97. The predicted molar refractivity (Wildman–Crippen MR) is 80.1 cm³/mol. The Morgan fingerprint density at radius 3 is 2.32 bits per heavy atom. The Morgan fingerprint density at radius 2 is 1.82 bits per heavy atom. The first-order valence-corrected chi connectivity index (χ1v) is 8.29. The third-order valence-electron chi connectivity index (χ3n) is 2.35. The van der Waals surface area contributed by atoms with Crippen molar-refractivity contribution in [2.75, 3.05) is 13.7 Å². The van der Waals surface area contributed by atoms with Crippen LogP contribution in [-0.2, 0) is 24.5 Å². The van der Waals surface area contributed by atoms with Gasteiger partial charge >= 0.3 is 22.3 Å². The maximum Gasteiger partial charge on any atom is 0.422 e. The second-order valence-corrected chi connectivity index (χ2v) is 7.13. The molecule has 0 aromatic heterocycles. The molecule has 0 saturated carbocycles. The van der Waals surface area contributed by atoms with E-state index in [1.165, 1.54) is 7.11 Å². The van der Waals surface area contributed by atoms with E-state index >= 15 is 0 Å². The number of nitrogens with two attached hydrogens (primary N) is 1. The van der Waals surface area contributed by atoms with Crippen LogP contribution in [0.2, 0.25) is 0 Å². The van der Waals surface area contributed by atoms with Gasteiger partial charge in [-0.25, -0.2) is 9.52 Å². The first-order valence-electron chi connectivity index (χ1n) is 6.80. The summed E-state index contributed by atoms with van der Waals surface area (Å²) >= 11 is 0. The lowest BCUT2D eigenvalue weighted by molar-refractivity contribution is -0.142. The van der Waals surface area contributed by atoms with Crippen molar-refractivity contribution in [3.05, 3.63) is 0 Å². The number of methoxy groups -OCH3 is 1. The normalized spacial score (nSPS) is 13.3. The molecule has 22 heavy (non-hydrogen) atoms. The minimum atomic E-state index is -3.97. The van der Waals surface area contributed by atoms with E-state index in [1.807, 2.05) is 0 Å². The molecule has 0 aliphatic rings. The molecule has 10 heteroatoms. The van der Waals surface area contributed by atoms with E-state index < -0.39 is 33.9 Å². The highest BCUT2D eigenvalue weighted by Gasteiger charge is 2.21. The monoisotopic (exact) mass is 339 g/mol. The van der Waals surface area contributed by atoms with Crippen LogP contribution in [0.1, 0.15) is 40.0 Å². The SMILES string of the molecule is COC(=O)[C@@H](N)CCCCNS(=O)(=O)NC(=O)OC(C)(C)C. The van der Waals surface area contributed by atoms with Crippen molar-refractivity contribution < 1.29 is 27.5 Å². The maximum atomic E-state index is 11.6. The number of hydrogen-bond acceptors (Lipinski definition) is 7. The largest absolute Gasteiger partial charge is 0.468 e. The molecule has 0 fully saturated rings. The molecule has 0 spiro atoms. The number of nitrogens with one attached hydrogen (secondary N) is 2. The van der Waals surface area contributed by atoms with E-state index in [0.717, 1.165) is 0 Å². The van der Waals surface area contributed by atoms with Crippen LogP contribution in [-0.4, -0.2) is 45.8 Å². The molecule has 4 N–H and O–H groups in total. The van der Waals surface area contributed by atoms with Gasteiger partial charge in [0.2, 0.25) is 0 Å². The van der Waals surface area contributed by atoms with E-state index in [1.54, 1.807) is 25.5 Å². The average molecular weight is 339 g/mol. The van der Waals surface area contributed by atoms with E-state index in [9.17, 15) is 18.0 Å². The third kappa shape index (κ3) is 10.4. The molecule has 0 rings (SSSR count). The van der Waals surface area contributed by atoms with E-state index in [4.69, 9.17) is 10.5 Å². The van der Waals surface area contributed by atoms with Crippen LogP contribution in [0, 0.1) is 0 Å². The lowest BCUT2D eigenvalue weighted by Crippen LogP contribution is -2.43. The number of carbonyl (C=O) groups is 2. The minimum Gasteiger partial charge on any atom is -0.468 e. The van der Waals surface area contributed by atoms with Gasteiger partial charge in [-0.1, -0.05) is 6.42 Å². The second kappa shape index (κ2) is 8.91. The summed E-state index contributed by atoms with van der Waals surface area (Å²) < 4.78 is 36.4. The van der Waals surface area contributed by atoms with Crippen LogP contribution in [0.3, 0.4) is 0 Å². The second-order valence-electron chi connectivity index (χ2n) is 5.63. The van der Waals surface area contributed by atoms with Crippen LogP contribution < -0.4 is 15.2 Å². The molecule has 0 radical (unpaired) electrons. The van der Waals surface area contributed by atoms with E-state index in [-0.39, 0.29) is 6.54 Å². The topological polar surface area (TPSA) is 137 Å². The molecule has 9 nitrogen and oxygen atoms in total. The molecule has 0 saturated heterocycles. The number of amides is 1. The van der Waals surface area contributed by atoms with Gasteiger partial charge < -0.3 is 15.2 Å². The summed E-state index contributed by atoms with van der Waals surface area (Å²) in [5, 5.41) is 0. The summed E-state index contributed by atoms with van der Waals surface area (Å²) in [7, 11) is -2.72. The number of esters is 1. The van der Waals surface area contributed by atoms with Gasteiger partial charge in [0, 0.05) is 6.54 Å². The summed E-state index contributed by atoms with van der Waals surface area (Å²) in [6.45, 7) is 4.97. The van der Waals surface area contributed by atoms with Crippen molar-refractivity contribution >= 4 is 22.3 Å². The molecular weight excluding hydrogens is 314 g/mol. The summed E-state index contributed by atoms with van der Waals surface area (Å²) in [5.41, 5.74) is 4.75. The number of unbranched alkanes of at least 4 members (excludes halogenated alkanes) is 1. The van der Waals surface area contributed by atoms with Gasteiger partial charge in [-0.15, -0.1) is 0 Å². The van der Waals surface area contributed by atoms with Gasteiger partial charge in [0.25, 0.3) is 0 Å². The van der Waals surface area contributed by atoms with E-state index in [0.29, 0.717) is 19.3 Å². The van der Waals surface area contributed by atoms with Crippen LogP contribution in [0.25, 0.3) is 0 Å². The average Bonchev–Trinajstić information content (AvgIpc) is 2.33. The predicted octanol–water partition coefficient (Wildman–Crippen LogP) is 0.0161. The van der Waals surface area contributed by atoms with Gasteiger partial charge in [-0.2, -0.15) is 13.1 Å². The van der Waals surface area contributed by atoms with Crippen LogP contribution in [0.5, 0.6) is 0 Å². The van der Waals surface area contributed by atoms with Crippen molar-refractivity contribution in [1.82, 2.24) is 9.44 Å². The summed E-state index contributed by atoms with van der Waals surface area (Å²) in [6, 6.07) is -0.721. The molecule has 0 heterocycles. The Balaban J connectivity index is 3.99. The minimum absolute atomic E-state index is 0.103. The van der Waals surface area contributed by atoms with E-state index in [2.05, 4.69) is 9.46 Å². The Labute approximate surface area is 131 Å². The fourth-order valence-corrected chi connectivity index (χ4v) is 2.16. The van der Waals surface area contributed by atoms with Crippen LogP contribution >= 0.6 is 0 Å². The Kier molecular flexibility index (Phi) is 8.35. The van der Waals surface area contributed by atoms with Gasteiger partial charge in [0.05, 0.1) is 7.11 Å². The van der Waals surface area contributed by atoms with Gasteiger partial charge in [-0.05, 0) is 33.6 Å². The maximum absolute atomic E-state index is 11.6. The molecule has 0 bridgehead atoms. The van der Waals surface area contributed by atoms with Crippen LogP contribution in [0.15, 0.2) is 0 Å². The number of hydrogen-bond donors (Lipinski definition) is 3. The zero-order valence-electron chi connectivity index (χ0n) is 13.3. The molecule has 1 atom stereocenters. The first kappa shape index (κ1) is 20.6. The quantitative estimate of drug-likeness (QED) is 0.418. The number of rotatable bonds is 8. The zero-order valence-corrected chi connectivity index (χ0v) is 14.2. The summed E-state index contributed by atoms with van der Waals surface area (Å²) in [4.78, 5) is 22.4. The Morgan fingerprint density at radius 1 is 1.23 bits per heavy atom. The molecular formula is C12H25N3O6S. The summed E-state index contributed by atoms with van der Waals surface area (Å²) in [6.07, 6.45) is 0.326. The van der Waals surface area contributed by atoms with Gasteiger partial charge in [0.15, 0.2) is 0 Å². The standard InChI is InChI=1S/C12H25N3O6S/c1-12(2,3)21-11(17)15-22(18,19)14-8-6-5-7-9(13)10(16)20-4/h9,14H,5-8,13H2,1-4H3,(H,15,17)/t9-/m0/s1.